The van der Waals surface area contributed by atoms with Gasteiger partial charge in [0, 0.05) is 57.9 Å². The highest BCUT2D eigenvalue weighted by molar-refractivity contribution is 7.86. The number of non-ortho nitro benzene ring substituents is 1. The van der Waals surface area contributed by atoms with Crippen LogP contribution < -0.4 is 0 Å². The van der Waals surface area contributed by atoms with Gasteiger partial charge in [0.25, 0.3) is 15.9 Å². The van der Waals surface area contributed by atoms with Crippen LogP contribution in [0.25, 0.3) is 0 Å². The lowest BCUT2D eigenvalue weighted by molar-refractivity contribution is -0.384. The highest BCUT2D eigenvalue weighted by atomic mass is 32.2. The van der Waals surface area contributed by atoms with Crippen LogP contribution in [0.4, 0.5) is 5.69 Å². The fourth-order valence-electron chi connectivity index (χ4n) is 2.97. The molecule has 140 valence electrons. The number of nitrogens with zero attached hydrogens (tertiary/aromatic N) is 4. The molecule has 0 atom stereocenters. The van der Waals surface area contributed by atoms with Crippen LogP contribution in [-0.4, -0.2) is 72.7 Å². The Bertz CT molecular complexity index is 666. The monoisotopic (exact) mass is 370 g/mol. The second kappa shape index (κ2) is 8.70. The molecule has 0 aromatic heterocycles. The Labute approximate surface area is 149 Å². The molecule has 25 heavy (non-hydrogen) atoms. The van der Waals surface area contributed by atoms with E-state index >= 15 is 0 Å². The van der Waals surface area contributed by atoms with E-state index in [4.69, 9.17) is 0 Å². The predicted molar refractivity (Wildman–Crippen MR) is 96.7 cm³/mol. The molecule has 1 saturated heterocycles. The average molecular weight is 370 g/mol. The van der Waals surface area contributed by atoms with Gasteiger partial charge in [0.2, 0.25) is 0 Å². The molecule has 0 N–H and O–H groups in total. The van der Waals surface area contributed by atoms with Gasteiger partial charge in [-0.05, 0) is 12.0 Å². The Morgan fingerprint density at radius 2 is 1.64 bits per heavy atom. The first-order chi connectivity index (χ1) is 11.9. The fourth-order valence-corrected chi connectivity index (χ4v) is 4.57. The van der Waals surface area contributed by atoms with Crippen LogP contribution in [-0.2, 0) is 16.6 Å². The summed E-state index contributed by atoms with van der Waals surface area (Å²) in [6.07, 6.45) is 0.792. The molecule has 1 aromatic carbocycles. The van der Waals surface area contributed by atoms with Gasteiger partial charge in [0.05, 0.1) is 4.92 Å². The van der Waals surface area contributed by atoms with Crippen LogP contribution in [0, 0.1) is 10.1 Å². The molecule has 0 bridgehead atoms. The quantitative estimate of drug-likeness (QED) is 0.509. The van der Waals surface area contributed by atoms with Gasteiger partial charge in [-0.25, -0.2) is 0 Å². The summed E-state index contributed by atoms with van der Waals surface area (Å²) in [4.78, 5) is 12.5. The molecule has 8 nitrogen and oxygen atoms in total. The van der Waals surface area contributed by atoms with Crippen molar-refractivity contribution in [2.45, 2.75) is 20.3 Å². The first-order valence-corrected chi connectivity index (χ1v) is 9.99. The molecule has 1 aliphatic rings. The third-order valence-electron chi connectivity index (χ3n) is 4.55. The van der Waals surface area contributed by atoms with E-state index in [1.807, 2.05) is 13.8 Å². The molecular weight excluding hydrogens is 344 g/mol. The van der Waals surface area contributed by atoms with Crippen LogP contribution in [0.2, 0.25) is 0 Å². The summed E-state index contributed by atoms with van der Waals surface area (Å²) >= 11 is 0. The van der Waals surface area contributed by atoms with Crippen molar-refractivity contribution >= 4 is 15.9 Å². The molecule has 0 spiro atoms. The minimum atomic E-state index is -3.35. The molecule has 0 aliphatic carbocycles. The van der Waals surface area contributed by atoms with Gasteiger partial charge in [0.15, 0.2) is 0 Å². The number of rotatable bonds is 8. The molecule has 1 aliphatic heterocycles. The van der Waals surface area contributed by atoms with Gasteiger partial charge in [-0.1, -0.05) is 26.0 Å². The van der Waals surface area contributed by atoms with Crippen molar-refractivity contribution in [3.63, 3.8) is 0 Å². The van der Waals surface area contributed by atoms with Crippen molar-refractivity contribution in [2.75, 3.05) is 45.8 Å². The minimum Gasteiger partial charge on any atom is -0.300 e. The molecule has 1 aromatic rings. The average Bonchev–Trinajstić information content (AvgIpc) is 2.61. The number of hydrogen-bond acceptors (Lipinski definition) is 5. The second-order valence-electron chi connectivity index (χ2n) is 6.01. The summed E-state index contributed by atoms with van der Waals surface area (Å²) in [6.45, 7) is 7.89. The first-order valence-electron chi connectivity index (χ1n) is 8.59. The number of nitro benzene ring substituents is 1. The van der Waals surface area contributed by atoms with E-state index in [-0.39, 0.29) is 5.69 Å². The van der Waals surface area contributed by atoms with E-state index in [0.717, 1.165) is 18.5 Å². The van der Waals surface area contributed by atoms with Crippen LogP contribution in [0.1, 0.15) is 19.4 Å². The van der Waals surface area contributed by atoms with Crippen molar-refractivity contribution in [2.24, 2.45) is 0 Å². The lowest BCUT2D eigenvalue weighted by Crippen LogP contribution is -2.53. The van der Waals surface area contributed by atoms with E-state index in [1.165, 1.54) is 16.4 Å². The standard InChI is InChI=1S/C16H26N4O4S/c1-3-18(4-2)25(23,24)19-13-11-17(12-14-19)10-9-15-5-7-16(8-6-15)20(21)22/h5-8H,3-4,9-14H2,1-2H3. The normalized spacial score (nSPS) is 17.1. The molecule has 1 fully saturated rings. The van der Waals surface area contributed by atoms with Gasteiger partial charge < -0.3 is 4.90 Å². The lowest BCUT2D eigenvalue weighted by atomic mass is 10.1. The Hall–Kier alpha value is -1.55. The highest BCUT2D eigenvalue weighted by Gasteiger charge is 2.30. The van der Waals surface area contributed by atoms with Crippen molar-refractivity contribution in [3.05, 3.63) is 39.9 Å². The maximum absolute atomic E-state index is 12.5. The fraction of sp³-hybridized carbons (Fsp3) is 0.625. The predicted octanol–water partition coefficient (Wildman–Crippen LogP) is 1.34. The van der Waals surface area contributed by atoms with Crippen LogP contribution >= 0.6 is 0 Å². The van der Waals surface area contributed by atoms with E-state index in [1.54, 1.807) is 16.4 Å². The molecule has 0 radical (unpaired) electrons. The smallest absolute Gasteiger partial charge is 0.282 e. The number of nitro groups is 1. The maximum Gasteiger partial charge on any atom is 0.282 e. The molecule has 1 heterocycles. The lowest BCUT2D eigenvalue weighted by Gasteiger charge is -2.36. The second-order valence-corrected chi connectivity index (χ2v) is 7.93. The molecular formula is C16H26N4O4S. The van der Waals surface area contributed by atoms with Crippen molar-refractivity contribution in [3.8, 4) is 0 Å². The summed E-state index contributed by atoms with van der Waals surface area (Å²) in [5.41, 5.74) is 1.14. The summed E-state index contributed by atoms with van der Waals surface area (Å²) < 4.78 is 28.0. The summed E-state index contributed by atoms with van der Waals surface area (Å²) in [5.74, 6) is 0. The van der Waals surface area contributed by atoms with E-state index in [9.17, 15) is 18.5 Å². The number of hydrogen-bond donors (Lipinski definition) is 0. The van der Waals surface area contributed by atoms with Gasteiger partial charge in [-0.3, -0.25) is 10.1 Å². The van der Waals surface area contributed by atoms with Gasteiger partial charge in [-0.2, -0.15) is 17.0 Å². The number of piperazine rings is 1. The van der Waals surface area contributed by atoms with Crippen LogP contribution in [0.3, 0.4) is 0 Å². The molecule has 9 heteroatoms. The van der Waals surface area contributed by atoms with Crippen molar-refractivity contribution in [1.82, 2.24) is 13.5 Å². The largest absolute Gasteiger partial charge is 0.300 e. The van der Waals surface area contributed by atoms with Crippen molar-refractivity contribution in [1.29, 1.82) is 0 Å². The van der Waals surface area contributed by atoms with Gasteiger partial charge >= 0.3 is 0 Å². The SMILES string of the molecule is CCN(CC)S(=O)(=O)N1CCN(CCc2ccc([N+](=O)[O-])cc2)CC1. The van der Waals surface area contributed by atoms with Crippen molar-refractivity contribution < 1.29 is 13.3 Å². The highest BCUT2D eigenvalue weighted by Crippen LogP contribution is 2.15. The van der Waals surface area contributed by atoms with Crippen LogP contribution in [0.5, 0.6) is 0 Å². The zero-order valence-electron chi connectivity index (χ0n) is 14.8. The van der Waals surface area contributed by atoms with Crippen LogP contribution in [0.15, 0.2) is 24.3 Å². The van der Waals surface area contributed by atoms with Gasteiger partial charge in [0.1, 0.15) is 0 Å². The molecule has 2 rings (SSSR count). The summed E-state index contributed by atoms with van der Waals surface area (Å²) in [7, 11) is -3.35. The summed E-state index contributed by atoms with van der Waals surface area (Å²) in [6, 6.07) is 6.59. The Morgan fingerprint density at radius 3 is 2.12 bits per heavy atom. The Morgan fingerprint density at radius 1 is 1.08 bits per heavy atom. The Kier molecular flexibility index (Phi) is 6.88. The third kappa shape index (κ3) is 4.97. The zero-order valence-corrected chi connectivity index (χ0v) is 15.6. The van der Waals surface area contributed by atoms with E-state index in [0.29, 0.717) is 39.3 Å². The van der Waals surface area contributed by atoms with E-state index < -0.39 is 15.1 Å². The minimum absolute atomic E-state index is 0.0963. The topological polar surface area (TPSA) is 87.0 Å². The third-order valence-corrected chi connectivity index (χ3v) is 6.74. The first kappa shape index (κ1) is 19.8. The molecule has 0 saturated carbocycles. The molecule has 0 amide bonds. The Balaban J connectivity index is 1.83. The maximum atomic E-state index is 12.5. The summed E-state index contributed by atoms with van der Waals surface area (Å²) in [5, 5.41) is 10.7. The zero-order chi connectivity index (χ0) is 18.4. The van der Waals surface area contributed by atoms with E-state index in [2.05, 4.69) is 4.90 Å². The molecule has 0 unspecified atom stereocenters. The van der Waals surface area contributed by atoms with Gasteiger partial charge in [-0.15, -0.1) is 0 Å². The number of benzene rings is 1.